The van der Waals surface area contributed by atoms with Gasteiger partial charge in [0.05, 0.1) is 10.6 Å². The standard InChI is InChI=1S/C28H30Cl3N3O4S/c1-4-26(28(36)32-5-2)33(17-23-24(30)7-6-8-25(23)31)27(35)18-34(21-13-11-20(29)12-14-21)39(37,38)22-15-9-19(3)10-16-22/h6-16,26H,4-5,17-18H2,1-3H3,(H,32,36)/t26-/m0/s1. The van der Waals surface area contributed by atoms with Gasteiger partial charge in [-0.05, 0) is 68.8 Å². The minimum atomic E-state index is -4.17. The summed E-state index contributed by atoms with van der Waals surface area (Å²) < 4.78 is 28.7. The van der Waals surface area contributed by atoms with Crippen LogP contribution in [0.5, 0.6) is 0 Å². The first kappa shape index (κ1) is 30.8. The van der Waals surface area contributed by atoms with Crippen LogP contribution < -0.4 is 9.62 Å². The lowest BCUT2D eigenvalue weighted by Gasteiger charge is -2.33. The first-order valence-electron chi connectivity index (χ1n) is 12.3. The number of nitrogens with zero attached hydrogens (tertiary/aromatic N) is 2. The molecule has 11 heteroatoms. The van der Waals surface area contributed by atoms with E-state index in [4.69, 9.17) is 34.8 Å². The van der Waals surface area contributed by atoms with Crippen LogP contribution in [0.15, 0.2) is 71.6 Å². The molecule has 3 rings (SSSR count). The molecule has 0 aliphatic heterocycles. The Morgan fingerprint density at radius 1 is 0.897 bits per heavy atom. The van der Waals surface area contributed by atoms with Gasteiger partial charge in [-0.2, -0.15) is 0 Å². The molecule has 0 aromatic heterocycles. The predicted octanol–water partition coefficient (Wildman–Crippen LogP) is 6.09. The molecular formula is C28H30Cl3N3O4S. The van der Waals surface area contributed by atoms with Gasteiger partial charge in [-0.15, -0.1) is 0 Å². The summed E-state index contributed by atoms with van der Waals surface area (Å²) in [6, 6.07) is 16.6. The Hall–Kier alpha value is -2.78. The van der Waals surface area contributed by atoms with Crippen molar-refractivity contribution in [3.05, 3.63) is 92.9 Å². The molecule has 0 saturated carbocycles. The number of hydrogen-bond donors (Lipinski definition) is 1. The molecule has 3 aromatic rings. The fraction of sp³-hybridized carbons (Fsp3) is 0.286. The summed E-state index contributed by atoms with van der Waals surface area (Å²) in [5.41, 5.74) is 1.59. The van der Waals surface area contributed by atoms with Crippen molar-refractivity contribution in [1.29, 1.82) is 0 Å². The smallest absolute Gasteiger partial charge is 0.264 e. The molecule has 0 saturated heterocycles. The largest absolute Gasteiger partial charge is 0.355 e. The zero-order valence-electron chi connectivity index (χ0n) is 21.8. The molecule has 0 spiro atoms. The molecule has 0 fully saturated rings. The van der Waals surface area contributed by atoms with Crippen molar-refractivity contribution in [3.8, 4) is 0 Å². The summed E-state index contributed by atoms with van der Waals surface area (Å²) in [7, 11) is -4.17. The number of sulfonamides is 1. The second-order valence-electron chi connectivity index (χ2n) is 8.84. The zero-order valence-corrected chi connectivity index (χ0v) is 24.9. The minimum absolute atomic E-state index is 0.0207. The quantitative estimate of drug-likeness (QED) is 0.285. The van der Waals surface area contributed by atoms with Crippen LogP contribution in [0.2, 0.25) is 15.1 Å². The van der Waals surface area contributed by atoms with Gasteiger partial charge in [-0.25, -0.2) is 8.42 Å². The zero-order chi connectivity index (χ0) is 28.7. The van der Waals surface area contributed by atoms with Crippen molar-refractivity contribution in [2.45, 2.75) is 44.7 Å². The van der Waals surface area contributed by atoms with Gasteiger partial charge < -0.3 is 10.2 Å². The maximum Gasteiger partial charge on any atom is 0.264 e. The van der Waals surface area contributed by atoms with Crippen LogP contribution >= 0.6 is 34.8 Å². The molecule has 0 bridgehead atoms. The normalized spacial score (nSPS) is 12.1. The SMILES string of the molecule is CCNC(=O)[C@H](CC)N(Cc1c(Cl)cccc1Cl)C(=O)CN(c1ccc(Cl)cc1)S(=O)(=O)c1ccc(C)cc1. The molecule has 208 valence electrons. The van der Waals surface area contributed by atoms with Gasteiger partial charge in [0.25, 0.3) is 10.0 Å². The van der Waals surface area contributed by atoms with Crippen LogP contribution in [0.3, 0.4) is 0 Å². The van der Waals surface area contributed by atoms with E-state index >= 15 is 0 Å². The number of nitrogens with one attached hydrogen (secondary N) is 1. The second-order valence-corrected chi connectivity index (χ2v) is 12.0. The monoisotopic (exact) mass is 609 g/mol. The molecule has 1 N–H and O–H groups in total. The topological polar surface area (TPSA) is 86.8 Å². The Balaban J connectivity index is 2.09. The van der Waals surface area contributed by atoms with Crippen LogP contribution in [0.4, 0.5) is 5.69 Å². The third kappa shape index (κ3) is 7.45. The van der Waals surface area contributed by atoms with Gasteiger partial charge >= 0.3 is 0 Å². The van der Waals surface area contributed by atoms with Gasteiger partial charge in [0.15, 0.2) is 0 Å². The summed E-state index contributed by atoms with van der Waals surface area (Å²) in [6.07, 6.45) is 0.283. The highest BCUT2D eigenvalue weighted by atomic mass is 35.5. The molecule has 2 amide bonds. The number of aryl methyl sites for hydroxylation is 1. The van der Waals surface area contributed by atoms with Crippen molar-refractivity contribution >= 4 is 62.3 Å². The molecule has 39 heavy (non-hydrogen) atoms. The van der Waals surface area contributed by atoms with Gasteiger partial charge in [-0.3, -0.25) is 13.9 Å². The Morgan fingerprint density at radius 3 is 2.03 bits per heavy atom. The molecule has 3 aromatic carbocycles. The third-order valence-electron chi connectivity index (χ3n) is 6.13. The first-order chi connectivity index (χ1) is 18.5. The highest BCUT2D eigenvalue weighted by Crippen LogP contribution is 2.29. The Labute approximate surface area is 244 Å². The van der Waals surface area contributed by atoms with Crippen molar-refractivity contribution in [2.24, 2.45) is 0 Å². The number of likely N-dealkylation sites (N-methyl/N-ethyl adjacent to an activating group) is 1. The average Bonchev–Trinajstić information content (AvgIpc) is 2.89. The fourth-order valence-corrected chi connectivity index (χ4v) is 6.10. The van der Waals surface area contributed by atoms with Crippen LogP contribution in [0, 0.1) is 6.92 Å². The number of anilines is 1. The Kier molecular flexibility index (Phi) is 10.7. The second kappa shape index (κ2) is 13.5. The number of carbonyl (C=O) groups is 2. The van der Waals surface area contributed by atoms with Gasteiger partial charge in [0, 0.05) is 33.7 Å². The summed E-state index contributed by atoms with van der Waals surface area (Å²) in [6.45, 7) is 5.10. The molecule has 0 unspecified atom stereocenters. The summed E-state index contributed by atoms with van der Waals surface area (Å²) in [4.78, 5) is 28.3. The molecular weight excluding hydrogens is 581 g/mol. The minimum Gasteiger partial charge on any atom is -0.355 e. The number of amides is 2. The lowest BCUT2D eigenvalue weighted by molar-refractivity contribution is -0.140. The van der Waals surface area contributed by atoms with Crippen molar-refractivity contribution in [2.75, 3.05) is 17.4 Å². The summed E-state index contributed by atoms with van der Waals surface area (Å²) in [5, 5.41) is 3.82. The highest BCUT2D eigenvalue weighted by Gasteiger charge is 2.34. The first-order valence-corrected chi connectivity index (χ1v) is 14.9. The van der Waals surface area contributed by atoms with E-state index in [0.717, 1.165) is 9.87 Å². The number of halogens is 3. The van der Waals surface area contributed by atoms with E-state index in [1.54, 1.807) is 56.3 Å². The third-order valence-corrected chi connectivity index (χ3v) is 8.88. The van der Waals surface area contributed by atoms with Crippen molar-refractivity contribution in [3.63, 3.8) is 0 Å². The van der Waals surface area contributed by atoms with E-state index in [9.17, 15) is 18.0 Å². The molecule has 0 heterocycles. The van der Waals surface area contributed by atoms with Crippen molar-refractivity contribution < 1.29 is 18.0 Å². The average molecular weight is 611 g/mol. The highest BCUT2D eigenvalue weighted by molar-refractivity contribution is 7.92. The van der Waals surface area contributed by atoms with Crippen LogP contribution in [-0.2, 0) is 26.2 Å². The molecule has 1 atom stereocenters. The lowest BCUT2D eigenvalue weighted by Crippen LogP contribution is -2.52. The van der Waals surface area contributed by atoms with Crippen LogP contribution in [-0.4, -0.2) is 44.3 Å². The van der Waals surface area contributed by atoms with Crippen LogP contribution in [0.25, 0.3) is 0 Å². The van der Waals surface area contributed by atoms with Gasteiger partial charge in [0.2, 0.25) is 11.8 Å². The van der Waals surface area contributed by atoms with E-state index in [1.807, 2.05) is 6.92 Å². The summed E-state index contributed by atoms with van der Waals surface area (Å²) in [5.74, 6) is -0.967. The Bertz CT molecular complexity index is 1390. The predicted molar refractivity (Wildman–Crippen MR) is 157 cm³/mol. The molecule has 0 aliphatic rings. The Morgan fingerprint density at radius 2 is 1.49 bits per heavy atom. The summed E-state index contributed by atoms with van der Waals surface area (Å²) >= 11 is 18.9. The van der Waals surface area contributed by atoms with Gasteiger partial charge in [-0.1, -0.05) is 65.5 Å². The van der Waals surface area contributed by atoms with Crippen LogP contribution in [0.1, 0.15) is 31.4 Å². The van der Waals surface area contributed by atoms with E-state index < -0.39 is 28.5 Å². The number of carbonyl (C=O) groups excluding carboxylic acids is 2. The van der Waals surface area contributed by atoms with E-state index in [2.05, 4.69) is 5.32 Å². The molecule has 0 aliphatic carbocycles. The lowest BCUT2D eigenvalue weighted by atomic mass is 10.1. The molecule has 0 radical (unpaired) electrons. The number of benzene rings is 3. The van der Waals surface area contributed by atoms with E-state index in [1.165, 1.54) is 29.2 Å². The molecule has 7 nitrogen and oxygen atoms in total. The van der Waals surface area contributed by atoms with E-state index in [-0.39, 0.29) is 29.5 Å². The number of hydrogen-bond acceptors (Lipinski definition) is 4. The van der Waals surface area contributed by atoms with Crippen molar-refractivity contribution in [1.82, 2.24) is 10.2 Å². The fourth-order valence-electron chi connectivity index (χ4n) is 4.04. The number of rotatable bonds is 11. The van der Waals surface area contributed by atoms with Gasteiger partial charge in [0.1, 0.15) is 12.6 Å². The van der Waals surface area contributed by atoms with E-state index in [0.29, 0.717) is 27.2 Å². The maximum atomic E-state index is 14.0. The maximum absolute atomic E-state index is 14.0.